The molecule has 2 amide bonds. The van der Waals surface area contributed by atoms with Crippen LogP contribution in [0, 0.1) is 19.7 Å². The molecule has 7 nitrogen and oxygen atoms in total. The zero-order chi connectivity index (χ0) is 24.8. The molecule has 3 rings (SSSR count). The number of amides is 2. The molecule has 1 aromatic heterocycles. The second kappa shape index (κ2) is 10.8. The highest BCUT2D eigenvalue weighted by molar-refractivity contribution is 5.97. The number of halogens is 1. The van der Waals surface area contributed by atoms with E-state index in [1.54, 1.807) is 54.3 Å². The molecule has 3 aromatic rings. The average Bonchev–Trinajstić information content (AvgIpc) is 3.13. The lowest BCUT2D eigenvalue weighted by Crippen LogP contribution is -2.30. The number of carbonyl (C=O) groups excluding carboxylic acids is 3. The van der Waals surface area contributed by atoms with Crippen LogP contribution in [0.5, 0.6) is 0 Å². The summed E-state index contributed by atoms with van der Waals surface area (Å²) in [4.78, 5) is 39.0. The Morgan fingerprint density at radius 2 is 1.59 bits per heavy atom. The maximum Gasteiger partial charge on any atom is 0.340 e. The third kappa shape index (κ3) is 5.51. The predicted molar refractivity (Wildman–Crippen MR) is 128 cm³/mol. The van der Waals surface area contributed by atoms with Crippen LogP contribution >= 0.6 is 0 Å². The number of aryl methyl sites for hydroxylation is 1. The number of carbonyl (C=O) groups is 3. The molecule has 1 heterocycles. The Balaban J connectivity index is 1.60. The van der Waals surface area contributed by atoms with Crippen molar-refractivity contribution in [2.45, 2.75) is 27.7 Å². The molecule has 2 aromatic carbocycles. The molecule has 0 atom stereocenters. The zero-order valence-corrected chi connectivity index (χ0v) is 19.7. The average molecular weight is 466 g/mol. The topological polar surface area (TPSA) is 80.6 Å². The van der Waals surface area contributed by atoms with Crippen molar-refractivity contribution in [1.29, 1.82) is 0 Å². The van der Waals surface area contributed by atoms with E-state index in [4.69, 9.17) is 4.74 Å². The van der Waals surface area contributed by atoms with Crippen LogP contribution in [-0.2, 0) is 9.53 Å². The third-order valence-electron chi connectivity index (χ3n) is 5.54. The lowest BCUT2D eigenvalue weighted by molar-refractivity contribution is -0.119. The van der Waals surface area contributed by atoms with E-state index < -0.39 is 18.5 Å². The maximum atomic E-state index is 13.2. The predicted octanol–water partition coefficient (Wildman–Crippen LogP) is 4.51. The summed E-state index contributed by atoms with van der Waals surface area (Å²) < 4.78 is 20.3. The molecule has 0 aliphatic carbocycles. The van der Waals surface area contributed by atoms with Crippen molar-refractivity contribution in [3.63, 3.8) is 0 Å². The lowest BCUT2D eigenvalue weighted by Gasteiger charge is -2.18. The molecule has 0 aliphatic heterocycles. The summed E-state index contributed by atoms with van der Waals surface area (Å²) in [6.07, 6.45) is 0. The fourth-order valence-corrected chi connectivity index (χ4v) is 3.75. The largest absolute Gasteiger partial charge is 0.452 e. The summed E-state index contributed by atoms with van der Waals surface area (Å²) in [5, 5.41) is 2.65. The van der Waals surface area contributed by atoms with Crippen molar-refractivity contribution >= 4 is 23.5 Å². The first-order chi connectivity index (χ1) is 16.2. The lowest BCUT2D eigenvalue weighted by atomic mass is 10.2. The monoisotopic (exact) mass is 465 g/mol. The van der Waals surface area contributed by atoms with Crippen LogP contribution in [0.25, 0.3) is 5.69 Å². The third-order valence-corrected chi connectivity index (χ3v) is 5.54. The summed E-state index contributed by atoms with van der Waals surface area (Å²) in [7, 11) is 0. The Labute approximate surface area is 198 Å². The zero-order valence-electron chi connectivity index (χ0n) is 19.7. The van der Waals surface area contributed by atoms with Gasteiger partial charge in [0, 0.05) is 41.4 Å². The summed E-state index contributed by atoms with van der Waals surface area (Å²) in [5.74, 6) is -1.54. The van der Waals surface area contributed by atoms with Crippen LogP contribution in [0.1, 0.15) is 46.0 Å². The number of anilines is 1. The van der Waals surface area contributed by atoms with E-state index in [1.165, 1.54) is 12.1 Å². The fourth-order valence-electron chi connectivity index (χ4n) is 3.75. The van der Waals surface area contributed by atoms with Gasteiger partial charge in [0.2, 0.25) is 0 Å². The minimum absolute atomic E-state index is 0.0740. The summed E-state index contributed by atoms with van der Waals surface area (Å²) in [5.41, 5.74) is 3.48. The Kier molecular flexibility index (Phi) is 7.83. The van der Waals surface area contributed by atoms with Crippen molar-refractivity contribution in [1.82, 2.24) is 9.47 Å². The van der Waals surface area contributed by atoms with E-state index in [9.17, 15) is 18.8 Å². The number of hydrogen-bond acceptors (Lipinski definition) is 4. The van der Waals surface area contributed by atoms with Gasteiger partial charge in [-0.05, 0) is 82.3 Å². The van der Waals surface area contributed by atoms with Crippen LogP contribution in [-0.4, -0.2) is 46.9 Å². The second-order valence-corrected chi connectivity index (χ2v) is 7.78. The number of nitrogens with one attached hydrogen (secondary N) is 1. The number of benzene rings is 2. The molecule has 0 unspecified atom stereocenters. The van der Waals surface area contributed by atoms with Crippen molar-refractivity contribution in [3.05, 3.63) is 82.9 Å². The Morgan fingerprint density at radius 1 is 0.971 bits per heavy atom. The summed E-state index contributed by atoms with van der Waals surface area (Å²) in [6.45, 7) is 8.19. The molecule has 178 valence electrons. The van der Waals surface area contributed by atoms with E-state index in [1.807, 2.05) is 25.3 Å². The van der Waals surface area contributed by atoms with Gasteiger partial charge in [-0.25, -0.2) is 9.18 Å². The van der Waals surface area contributed by atoms with E-state index in [0.29, 0.717) is 35.6 Å². The van der Waals surface area contributed by atoms with Gasteiger partial charge >= 0.3 is 5.97 Å². The van der Waals surface area contributed by atoms with Crippen molar-refractivity contribution in [2.75, 3.05) is 25.0 Å². The van der Waals surface area contributed by atoms with E-state index >= 15 is 0 Å². The normalized spacial score (nSPS) is 10.6. The minimum atomic E-state index is -0.628. The highest BCUT2D eigenvalue weighted by Crippen LogP contribution is 2.22. The van der Waals surface area contributed by atoms with E-state index in [2.05, 4.69) is 5.32 Å². The van der Waals surface area contributed by atoms with E-state index in [-0.39, 0.29) is 11.7 Å². The molecular formula is C26H28FN3O4. The fraction of sp³-hybridized carbons (Fsp3) is 0.269. The molecule has 0 spiro atoms. The van der Waals surface area contributed by atoms with Crippen LogP contribution in [0.15, 0.2) is 54.6 Å². The number of aromatic nitrogens is 1. The van der Waals surface area contributed by atoms with Crippen LogP contribution in [0.4, 0.5) is 10.1 Å². The molecular weight excluding hydrogens is 437 g/mol. The highest BCUT2D eigenvalue weighted by Gasteiger charge is 2.19. The first kappa shape index (κ1) is 24.7. The number of ether oxygens (including phenoxy) is 1. The van der Waals surface area contributed by atoms with Gasteiger partial charge in [0.1, 0.15) is 5.82 Å². The molecule has 0 saturated carbocycles. The molecule has 0 saturated heterocycles. The molecule has 0 radical (unpaired) electrons. The van der Waals surface area contributed by atoms with Gasteiger partial charge in [0.25, 0.3) is 11.8 Å². The number of esters is 1. The molecule has 34 heavy (non-hydrogen) atoms. The van der Waals surface area contributed by atoms with Crippen molar-refractivity contribution in [2.24, 2.45) is 0 Å². The van der Waals surface area contributed by atoms with Gasteiger partial charge < -0.3 is 19.5 Å². The van der Waals surface area contributed by atoms with Gasteiger partial charge in [-0.2, -0.15) is 0 Å². The smallest absolute Gasteiger partial charge is 0.340 e. The van der Waals surface area contributed by atoms with Crippen LogP contribution in [0.2, 0.25) is 0 Å². The van der Waals surface area contributed by atoms with Crippen LogP contribution < -0.4 is 5.32 Å². The summed E-state index contributed by atoms with van der Waals surface area (Å²) >= 11 is 0. The van der Waals surface area contributed by atoms with Crippen molar-refractivity contribution in [3.8, 4) is 5.69 Å². The Hall–Kier alpha value is -3.94. The SMILES string of the molecule is CCN(CC)C(=O)c1ccc(NC(=O)COC(=O)c2cc(C)n(-c3ccc(F)cc3)c2C)cc1. The Morgan fingerprint density at radius 3 is 2.18 bits per heavy atom. The second-order valence-electron chi connectivity index (χ2n) is 7.78. The van der Waals surface area contributed by atoms with Gasteiger partial charge in [-0.1, -0.05) is 0 Å². The first-order valence-corrected chi connectivity index (χ1v) is 11.1. The quantitative estimate of drug-likeness (QED) is 0.497. The number of rotatable bonds is 8. The van der Waals surface area contributed by atoms with Gasteiger partial charge in [-0.3, -0.25) is 9.59 Å². The van der Waals surface area contributed by atoms with Crippen molar-refractivity contribution < 1.29 is 23.5 Å². The van der Waals surface area contributed by atoms with Gasteiger partial charge in [-0.15, -0.1) is 0 Å². The molecule has 0 bridgehead atoms. The van der Waals surface area contributed by atoms with Gasteiger partial charge in [0.15, 0.2) is 6.61 Å². The standard InChI is InChI=1S/C26H28FN3O4/c1-5-29(6-2)25(32)19-7-11-21(12-8-19)28-24(31)16-34-26(33)23-15-17(3)30(18(23)4)22-13-9-20(27)10-14-22/h7-15H,5-6,16H2,1-4H3,(H,28,31). The Bertz CT molecular complexity index is 1180. The molecule has 8 heteroatoms. The van der Waals surface area contributed by atoms with Gasteiger partial charge in [0.05, 0.1) is 5.56 Å². The van der Waals surface area contributed by atoms with E-state index in [0.717, 1.165) is 11.4 Å². The molecule has 0 aliphatic rings. The number of hydrogen-bond donors (Lipinski definition) is 1. The maximum absolute atomic E-state index is 13.2. The van der Waals surface area contributed by atoms with Crippen LogP contribution in [0.3, 0.4) is 0 Å². The molecule has 0 fully saturated rings. The molecule has 1 N–H and O–H groups in total. The highest BCUT2D eigenvalue weighted by atomic mass is 19.1. The minimum Gasteiger partial charge on any atom is -0.452 e. The number of nitrogens with zero attached hydrogens (tertiary/aromatic N) is 2. The summed E-state index contributed by atoms with van der Waals surface area (Å²) in [6, 6.07) is 14.2. The first-order valence-electron chi connectivity index (χ1n) is 11.1.